The molecular weight excluding hydrogens is 364 g/mol. The Kier molecular flexibility index (Phi) is 3.28. The molecule has 0 saturated heterocycles. The van der Waals surface area contributed by atoms with Gasteiger partial charge in [-0.25, -0.2) is 22.6 Å². The molecule has 0 aliphatic rings. The average Bonchev–Trinajstić information content (AvgIpc) is 2.67. The molecule has 1 aromatic heterocycles. The van der Waals surface area contributed by atoms with E-state index in [-0.39, 0.29) is 15.0 Å². The van der Waals surface area contributed by atoms with E-state index in [1.54, 1.807) is 22.6 Å². The summed E-state index contributed by atoms with van der Waals surface area (Å²) in [5.74, 6) is -5.53. The number of hydrogen-bond acceptors (Lipinski definition) is 2. The van der Waals surface area contributed by atoms with E-state index < -0.39 is 23.4 Å². The number of rotatable bonds is 2. The summed E-state index contributed by atoms with van der Waals surface area (Å²) in [5.41, 5.74) is -0.205. The van der Waals surface area contributed by atoms with E-state index >= 15 is 0 Å². The third-order valence-corrected chi connectivity index (χ3v) is 3.19. The lowest BCUT2D eigenvalue weighted by Crippen LogP contribution is -2.04. The van der Waals surface area contributed by atoms with E-state index in [4.69, 9.17) is 5.11 Å². The van der Waals surface area contributed by atoms with Crippen molar-refractivity contribution in [3.05, 3.63) is 45.0 Å². The summed E-state index contributed by atoms with van der Waals surface area (Å²) in [4.78, 5) is 10.8. The van der Waals surface area contributed by atoms with Crippen molar-refractivity contribution in [3.8, 4) is 5.69 Å². The number of hydrogen-bond donors (Lipinski definition) is 1. The topological polar surface area (TPSA) is 55.1 Å². The Hall–Kier alpha value is -1.58. The average molecular weight is 368 g/mol. The molecule has 0 saturated carbocycles. The molecule has 0 radical (unpaired) electrons. The number of benzene rings is 1. The molecule has 0 aliphatic carbocycles. The van der Waals surface area contributed by atoms with Gasteiger partial charge in [-0.2, -0.15) is 5.10 Å². The first kappa shape index (κ1) is 12.9. The van der Waals surface area contributed by atoms with E-state index in [1.807, 2.05) is 0 Å². The van der Waals surface area contributed by atoms with Crippen molar-refractivity contribution < 1.29 is 23.1 Å². The number of carbonyl (C=O) groups is 1. The second-order valence-corrected chi connectivity index (χ2v) is 4.31. The van der Waals surface area contributed by atoms with Crippen molar-refractivity contribution in [1.29, 1.82) is 0 Å². The Balaban J connectivity index is 2.59. The van der Waals surface area contributed by atoms with Crippen LogP contribution in [0.25, 0.3) is 5.69 Å². The molecule has 0 spiro atoms. The maximum atomic E-state index is 13.0. The minimum Gasteiger partial charge on any atom is -0.478 e. The predicted molar refractivity (Wildman–Crippen MR) is 63.1 cm³/mol. The molecule has 0 amide bonds. The minimum absolute atomic E-state index is 0.0942. The Morgan fingerprint density at radius 2 is 1.83 bits per heavy atom. The summed E-state index contributed by atoms with van der Waals surface area (Å²) in [6.45, 7) is 0. The van der Waals surface area contributed by atoms with Gasteiger partial charge in [0.1, 0.15) is 9.26 Å². The molecule has 2 aromatic rings. The van der Waals surface area contributed by atoms with Gasteiger partial charge in [0, 0.05) is 12.1 Å². The molecule has 1 heterocycles. The molecule has 2 rings (SSSR count). The second kappa shape index (κ2) is 4.59. The van der Waals surface area contributed by atoms with Crippen LogP contribution < -0.4 is 0 Å². The van der Waals surface area contributed by atoms with Crippen molar-refractivity contribution in [3.63, 3.8) is 0 Å². The fourth-order valence-corrected chi connectivity index (χ4v) is 2.09. The first-order chi connectivity index (χ1) is 8.41. The van der Waals surface area contributed by atoms with Crippen LogP contribution in [0, 0.1) is 21.2 Å². The molecule has 0 atom stereocenters. The summed E-state index contributed by atoms with van der Waals surface area (Å²) in [6, 6.07) is 1.47. The Morgan fingerprint density at radius 3 is 2.28 bits per heavy atom. The van der Waals surface area contributed by atoms with Crippen molar-refractivity contribution >= 4 is 28.6 Å². The smallest absolute Gasteiger partial charge is 0.340 e. The summed E-state index contributed by atoms with van der Waals surface area (Å²) in [6.07, 6.45) is 1.04. The number of halogens is 4. The van der Waals surface area contributed by atoms with Gasteiger partial charge in [0.05, 0.1) is 11.9 Å². The van der Waals surface area contributed by atoms with E-state index in [1.165, 1.54) is 0 Å². The largest absolute Gasteiger partial charge is 0.478 e. The minimum atomic E-state index is -1.58. The van der Waals surface area contributed by atoms with Crippen LogP contribution in [0.15, 0.2) is 18.3 Å². The highest BCUT2D eigenvalue weighted by Gasteiger charge is 2.18. The van der Waals surface area contributed by atoms with E-state index in [2.05, 4.69) is 5.10 Å². The van der Waals surface area contributed by atoms with E-state index in [0.29, 0.717) is 0 Å². The first-order valence-electron chi connectivity index (χ1n) is 4.53. The van der Waals surface area contributed by atoms with Crippen molar-refractivity contribution in [2.45, 2.75) is 0 Å². The van der Waals surface area contributed by atoms with E-state index in [9.17, 15) is 18.0 Å². The second-order valence-electron chi connectivity index (χ2n) is 3.29. The SMILES string of the molecule is O=C(O)c1cnn(-c2cc(F)c(F)c(F)c2)c1I. The predicted octanol–water partition coefficient (Wildman–Crippen LogP) is 2.59. The number of aromatic nitrogens is 2. The molecule has 1 aromatic carbocycles. The highest BCUT2D eigenvalue weighted by atomic mass is 127. The fourth-order valence-electron chi connectivity index (χ4n) is 1.32. The maximum absolute atomic E-state index is 13.0. The van der Waals surface area contributed by atoms with Gasteiger partial charge in [0.2, 0.25) is 0 Å². The molecule has 1 N–H and O–H groups in total. The van der Waals surface area contributed by atoms with Crippen LogP contribution in [0.3, 0.4) is 0 Å². The summed E-state index contributed by atoms with van der Waals surface area (Å²) < 4.78 is 40.0. The van der Waals surface area contributed by atoms with Gasteiger partial charge in [-0.05, 0) is 22.6 Å². The van der Waals surface area contributed by atoms with Crippen LogP contribution in [-0.4, -0.2) is 20.9 Å². The van der Waals surface area contributed by atoms with Crippen LogP contribution in [0.5, 0.6) is 0 Å². The van der Waals surface area contributed by atoms with Gasteiger partial charge in [0.25, 0.3) is 0 Å². The normalized spacial score (nSPS) is 10.7. The lowest BCUT2D eigenvalue weighted by molar-refractivity contribution is 0.0695. The number of carboxylic acid groups (broad SMARTS) is 1. The van der Waals surface area contributed by atoms with Crippen molar-refractivity contribution in [1.82, 2.24) is 9.78 Å². The van der Waals surface area contributed by atoms with Gasteiger partial charge < -0.3 is 5.11 Å². The van der Waals surface area contributed by atoms with Crippen LogP contribution in [0.4, 0.5) is 13.2 Å². The van der Waals surface area contributed by atoms with Crippen LogP contribution in [0.1, 0.15) is 10.4 Å². The molecule has 0 unspecified atom stereocenters. The monoisotopic (exact) mass is 368 g/mol. The van der Waals surface area contributed by atoms with Crippen LogP contribution in [0.2, 0.25) is 0 Å². The molecule has 18 heavy (non-hydrogen) atoms. The Labute approximate surface area is 112 Å². The van der Waals surface area contributed by atoms with Gasteiger partial charge in [-0.15, -0.1) is 0 Å². The molecule has 8 heteroatoms. The van der Waals surface area contributed by atoms with Gasteiger partial charge in [-0.1, -0.05) is 0 Å². The maximum Gasteiger partial charge on any atom is 0.340 e. The molecule has 4 nitrogen and oxygen atoms in total. The Morgan fingerprint density at radius 1 is 1.28 bits per heavy atom. The lowest BCUT2D eigenvalue weighted by atomic mass is 10.3. The fraction of sp³-hybridized carbons (Fsp3) is 0. The third-order valence-electron chi connectivity index (χ3n) is 2.15. The van der Waals surface area contributed by atoms with Crippen molar-refractivity contribution in [2.24, 2.45) is 0 Å². The summed E-state index contributed by atoms with van der Waals surface area (Å²) in [7, 11) is 0. The van der Waals surface area contributed by atoms with Crippen LogP contribution >= 0.6 is 22.6 Å². The first-order valence-corrected chi connectivity index (χ1v) is 5.61. The van der Waals surface area contributed by atoms with Gasteiger partial charge in [0.15, 0.2) is 17.5 Å². The standard InChI is InChI=1S/C10H4F3IN2O2/c11-6-1-4(2-7(12)8(6)13)16-9(14)5(3-15-16)10(17)18/h1-3H,(H,17,18). The van der Waals surface area contributed by atoms with Gasteiger partial charge in [-0.3, -0.25) is 0 Å². The van der Waals surface area contributed by atoms with E-state index in [0.717, 1.165) is 23.0 Å². The third kappa shape index (κ3) is 2.07. The highest BCUT2D eigenvalue weighted by Crippen LogP contribution is 2.20. The Bertz CT molecular complexity index is 619. The van der Waals surface area contributed by atoms with Gasteiger partial charge >= 0.3 is 5.97 Å². The molecular formula is C10H4F3IN2O2. The summed E-state index contributed by atoms with van der Waals surface area (Å²) >= 11 is 1.67. The molecule has 94 valence electrons. The summed E-state index contributed by atoms with van der Waals surface area (Å²) in [5, 5.41) is 12.5. The lowest BCUT2D eigenvalue weighted by Gasteiger charge is -2.05. The highest BCUT2D eigenvalue weighted by molar-refractivity contribution is 14.1. The van der Waals surface area contributed by atoms with Crippen LogP contribution in [-0.2, 0) is 0 Å². The molecule has 0 fully saturated rings. The molecule has 0 bridgehead atoms. The quantitative estimate of drug-likeness (QED) is 0.655. The zero-order valence-electron chi connectivity index (χ0n) is 8.49. The number of carboxylic acids is 1. The number of aromatic carboxylic acids is 1. The zero-order valence-corrected chi connectivity index (χ0v) is 10.7. The molecule has 0 aliphatic heterocycles. The van der Waals surface area contributed by atoms with Crippen molar-refractivity contribution in [2.75, 3.05) is 0 Å². The number of nitrogens with zero attached hydrogens (tertiary/aromatic N) is 2. The zero-order chi connectivity index (χ0) is 13.4.